The SMILES string of the molecule is C[C@@H](N)c1nccn1C1CC1. The Morgan fingerprint density at radius 2 is 2.45 bits per heavy atom. The fourth-order valence-electron chi connectivity index (χ4n) is 1.34. The van der Waals surface area contributed by atoms with E-state index in [0.29, 0.717) is 6.04 Å². The summed E-state index contributed by atoms with van der Waals surface area (Å²) in [5.41, 5.74) is 5.74. The van der Waals surface area contributed by atoms with Crippen LogP contribution in [-0.4, -0.2) is 9.55 Å². The van der Waals surface area contributed by atoms with E-state index in [1.165, 1.54) is 12.8 Å². The third-order valence-corrected chi connectivity index (χ3v) is 2.05. The maximum Gasteiger partial charge on any atom is 0.125 e. The summed E-state index contributed by atoms with van der Waals surface area (Å²) in [5.74, 6) is 1.02. The smallest absolute Gasteiger partial charge is 0.125 e. The third kappa shape index (κ3) is 1.16. The molecule has 3 heteroatoms. The van der Waals surface area contributed by atoms with Gasteiger partial charge in [0.15, 0.2) is 0 Å². The highest BCUT2D eigenvalue weighted by atomic mass is 15.1. The molecule has 1 aromatic rings. The molecule has 0 saturated heterocycles. The highest BCUT2D eigenvalue weighted by molar-refractivity contribution is 5.02. The number of aromatic nitrogens is 2. The van der Waals surface area contributed by atoms with E-state index in [1.54, 1.807) is 0 Å². The molecule has 0 radical (unpaired) electrons. The number of hydrogen-bond acceptors (Lipinski definition) is 2. The van der Waals surface area contributed by atoms with Crippen LogP contribution in [0, 0.1) is 0 Å². The summed E-state index contributed by atoms with van der Waals surface area (Å²) in [7, 11) is 0. The van der Waals surface area contributed by atoms with E-state index in [4.69, 9.17) is 5.73 Å². The van der Waals surface area contributed by atoms with Crippen molar-refractivity contribution in [2.24, 2.45) is 5.73 Å². The van der Waals surface area contributed by atoms with Crippen LogP contribution in [0.15, 0.2) is 12.4 Å². The van der Waals surface area contributed by atoms with Gasteiger partial charge in [-0.3, -0.25) is 0 Å². The predicted octanol–water partition coefficient (Wildman–Crippen LogP) is 1.24. The molecular weight excluding hydrogens is 138 g/mol. The van der Waals surface area contributed by atoms with Gasteiger partial charge in [-0.05, 0) is 19.8 Å². The van der Waals surface area contributed by atoms with Crippen LogP contribution in [0.2, 0.25) is 0 Å². The molecule has 2 N–H and O–H groups in total. The van der Waals surface area contributed by atoms with Crippen molar-refractivity contribution in [2.75, 3.05) is 0 Å². The molecule has 1 aliphatic rings. The first-order chi connectivity index (χ1) is 5.29. The molecule has 11 heavy (non-hydrogen) atoms. The molecule has 1 aliphatic carbocycles. The standard InChI is InChI=1S/C8H13N3/c1-6(9)8-10-4-5-11(8)7-2-3-7/h4-7H,2-3,9H2,1H3/t6-/m1/s1. The molecule has 1 fully saturated rings. The third-order valence-electron chi connectivity index (χ3n) is 2.05. The molecule has 60 valence electrons. The summed E-state index contributed by atoms with van der Waals surface area (Å²) in [4.78, 5) is 4.21. The fourth-order valence-corrected chi connectivity index (χ4v) is 1.34. The van der Waals surface area contributed by atoms with Gasteiger partial charge in [0.2, 0.25) is 0 Å². The lowest BCUT2D eigenvalue weighted by Gasteiger charge is -2.07. The Morgan fingerprint density at radius 1 is 1.73 bits per heavy atom. The average Bonchev–Trinajstić information content (AvgIpc) is 2.68. The number of hydrogen-bond donors (Lipinski definition) is 1. The van der Waals surface area contributed by atoms with Gasteiger partial charge in [-0.15, -0.1) is 0 Å². The second-order valence-electron chi connectivity index (χ2n) is 3.21. The minimum absolute atomic E-state index is 0.0607. The Balaban J connectivity index is 2.30. The van der Waals surface area contributed by atoms with Crippen LogP contribution in [0.5, 0.6) is 0 Å². The quantitative estimate of drug-likeness (QED) is 0.691. The lowest BCUT2D eigenvalue weighted by molar-refractivity contribution is 0.626. The summed E-state index contributed by atoms with van der Waals surface area (Å²) < 4.78 is 2.20. The minimum atomic E-state index is 0.0607. The zero-order valence-electron chi connectivity index (χ0n) is 6.70. The van der Waals surface area contributed by atoms with Crippen molar-refractivity contribution in [3.05, 3.63) is 18.2 Å². The number of nitrogens with two attached hydrogens (primary N) is 1. The summed E-state index contributed by atoms with van der Waals surface area (Å²) in [6.07, 6.45) is 6.43. The van der Waals surface area contributed by atoms with E-state index in [2.05, 4.69) is 9.55 Å². The molecule has 1 atom stereocenters. The van der Waals surface area contributed by atoms with Gasteiger partial charge in [0.05, 0.1) is 6.04 Å². The predicted molar refractivity (Wildman–Crippen MR) is 43.1 cm³/mol. The molecule has 0 aliphatic heterocycles. The van der Waals surface area contributed by atoms with Crippen molar-refractivity contribution in [3.63, 3.8) is 0 Å². The Hall–Kier alpha value is -0.830. The number of imidazole rings is 1. The van der Waals surface area contributed by atoms with Crippen LogP contribution in [0.3, 0.4) is 0 Å². The highest BCUT2D eigenvalue weighted by Gasteiger charge is 2.25. The molecule has 0 spiro atoms. The topological polar surface area (TPSA) is 43.8 Å². The molecule has 1 heterocycles. The molecule has 1 saturated carbocycles. The summed E-state index contributed by atoms with van der Waals surface area (Å²) >= 11 is 0. The largest absolute Gasteiger partial charge is 0.331 e. The summed E-state index contributed by atoms with van der Waals surface area (Å²) in [6.45, 7) is 1.97. The van der Waals surface area contributed by atoms with Crippen molar-refractivity contribution >= 4 is 0 Å². The van der Waals surface area contributed by atoms with Gasteiger partial charge in [-0.25, -0.2) is 4.98 Å². The normalized spacial score (nSPS) is 20.2. The van der Waals surface area contributed by atoms with Crippen LogP contribution >= 0.6 is 0 Å². The van der Waals surface area contributed by atoms with Crippen LogP contribution in [0.4, 0.5) is 0 Å². The minimum Gasteiger partial charge on any atom is -0.331 e. The van der Waals surface area contributed by atoms with Gasteiger partial charge in [-0.1, -0.05) is 0 Å². The van der Waals surface area contributed by atoms with E-state index >= 15 is 0 Å². The Bertz CT molecular complexity index is 231. The molecule has 0 unspecified atom stereocenters. The Labute approximate surface area is 66.2 Å². The molecular formula is C8H13N3. The first-order valence-corrected chi connectivity index (χ1v) is 4.07. The first kappa shape index (κ1) is 6.85. The summed E-state index contributed by atoms with van der Waals surface area (Å²) in [5, 5.41) is 0. The van der Waals surface area contributed by atoms with Crippen LogP contribution in [0.25, 0.3) is 0 Å². The molecule has 0 aromatic carbocycles. The number of nitrogens with zero attached hydrogens (tertiary/aromatic N) is 2. The van der Waals surface area contributed by atoms with Gasteiger partial charge >= 0.3 is 0 Å². The molecule has 2 rings (SSSR count). The van der Waals surface area contributed by atoms with Crippen molar-refractivity contribution in [3.8, 4) is 0 Å². The molecule has 0 amide bonds. The van der Waals surface area contributed by atoms with Gasteiger partial charge < -0.3 is 10.3 Å². The van der Waals surface area contributed by atoms with E-state index in [1.807, 2.05) is 19.3 Å². The van der Waals surface area contributed by atoms with E-state index < -0.39 is 0 Å². The lowest BCUT2D eigenvalue weighted by atomic mass is 10.3. The Morgan fingerprint density at radius 3 is 3.00 bits per heavy atom. The molecule has 3 nitrogen and oxygen atoms in total. The maximum atomic E-state index is 5.74. The van der Waals surface area contributed by atoms with Crippen molar-refractivity contribution in [1.82, 2.24) is 9.55 Å². The monoisotopic (exact) mass is 151 g/mol. The molecule has 1 aromatic heterocycles. The zero-order chi connectivity index (χ0) is 7.84. The van der Waals surface area contributed by atoms with Crippen LogP contribution in [0.1, 0.15) is 37.7 Å². The van der Waals surface area contributed by atoms with E-state index in [-0.39, 0.29) is 6.04 Å². The highest BCUT2D eigenvalue weighted by Crippen LogP contribution is 2.36. The summed E-state index contributed by atoms with van der Waals surface area (Å²) in [6, 6.07) is 0.754. The average molecular weight is 151 g/mol. The van der Waals surface area contributed by atoms with Crippen molar-refractivity contribution < 1.29 is 0 Å². The molecule has 0 bridgehead atoms. The van der Waals surface area contributed by atoms with Crippen molar-refractivity contribution in [2.45, 2.75) is 31.8 Å². The van der Waals surface area contributed by atoms with E-state index in [0.717, 1.165) is 5.82 Å². The number of rotatable bonds is 2. The lowest BCUT2D eigenvalue weighted by Crippen LogP contribution is -2.12. The van der Waals surface area contributed by atoms with E-state index in [9.17, 15) is 0 Å². The fraction of sp³-hybridized carbons (Fsp3) is 0.625. The van der Waals surface area contributed by atoms with Gasteiger partial charge in [0.25, 0.3) is 0 Å². The maximum absolute atomic E-state index is 5.74. The van der Waals surface area contributed by atoms with Crippen LogP contribution in [-0.2, 0) is 0 Å². The second kappa shape index (κ2) is 2.34. The van der Waals surface area contributed by atoms with Crippen LogP contribution < -0.4 is 5.73 Å². The van der Waals surface area contributed by atoms with Crippen molar-refractivity contribution in [1.29, 1.82) is 0 Å². The van der Waals surface area contributed by atoms with Gasteiger partial charge in [0, 0.05) is 18.4 Å². The van der Waals surface area contributed by atoms with Gasteiger partial charge in [-0.2, -0.15) is 0 Å². The second-order valence-corrected chi connectivity index (χ2v) is 3.21. The van der Waals surface area contributed by atoms with Gasteiger partial charge in [0.1, 0.15) is 5.82 Å². The Kier molecular flexibility index (Phi) is 1.46. The zero-order valence-corrected chi connectivity index (χ0v) is 6.70. The first-order valence-electron chi connectivity index (χ1n) is 4.07.